The summed E-state index contributed by atoms with van der Waals surface area (Å²) in [5.41, 5.74) is 2.24. The number of rotatable bonds is 6. The first kappa shape index (κ1) is 24.8. The minimum Gasteiger partial charge on any atom is -0.292 e. The zero-order valence-electron chi connectivity index (χ0n) is 17.8. The van der Waals surface area contributed by atoms with Gasteiger partial charge in [-0.2, -0.15) is 0 Å². The maximum atomic E-state index is 11.5. The fraction of sp³-hybridized carbons (Fsp3) is 0.478. The minimum absolute atomic E-state index is 0.0554. The van der Waals surface area contributed by atoms with Crippen molar-refractivity contribution in [2.45, 2.75) is 54.1 Å². The second-order valence-electron chi connectivity index (χ2n) is 5.81. The van der Waals surface area contributed by atoms with Gasteiger partial charge < -0.3 is 0 Å². The molecule has 4 nitrogen and oxygen atoms in total. The van der Waals surface area contributed by atoms with Gasteiger partial charge in [0.1, 0.15) is 0 Å². The monoisotopic (exact) mass is 372 g/mol. The van der Waals surface area contributed by atoms with Crippen LogP contribution in [0.2, 0.25) is 0 Å². The van der Waals surface area contributed by atoms with Crippen molar-refractivity contribution >= 4 is 0 Å². The van der Waals surface area contributed by atoms with Crippen molar-refractivity contribution in [2.75, 3.05) is 13.1 Å². The second-order valence-corrected chi connectivity index (χ2v) is 5.81. The summed E-state index contributed by atoms with van der Waals surface area (Å²) in [6.07, 6.45) is 9.83. The lowest BCUT2D eigenvalue weighted by Crippen LogP contribution is -2.29. The molecule has 1 aliphatic heterocycles. The fourth-order valence-corrected chi connectivity index (χ4v) is 3.09. The smallest absolute Gasteiger partial charge is 0.233 e. The third-order valence-electron chi connectivity index (χ3n) is 4.24. The molecule has 1 aromatic carbocycles. The first-order valence-corrected chi connectivity index (χ1v) is 10.0. The molecule has 0 amide bonds. The summed E-state index contributed by atoms with van der Waals surface area (Å²) >= 11 is 0. The highest BCUT2D eigenvalue weighted by atomic mass is 16.6. The van der Waals surface area contributed by atoms with Crippen LogP contribution in [0.15, 0.2) is 66.3 Å². The van der Waals surface area contributed by atoms with Gasteiger partial charge in [-0.15, -0.1) is 0 Å². The van der Waals surface area contributed by atoms with E-state index >= 15 is 0 Å². The first-order valence-electron chi connectivity index (χ1n) is 10.0. The molecule has 1 saturated heterocycles. The molecule has 1 fully saturated rings. The first-order chi connectivity index (χ1) is 13.2. The Hall–Kier alpha value is -2.20. The van der Waals surface area contributed by atoms with E-state index in [4.69, 9.17) is 0 Å². The van der Waals surface area contributed by atoms with Crippen LogP contribution in [0.1, 0.15) is 47.1 Å². The molecule has 0 bridgehead atoms. The van der Waals surface area contributed by atoms with Crippen molar-refractivity contribution in [3.8, 4) is 0 Å². The predicted octanol–water partition coefficient (Wildman–Crippen LogP) is 5.89. The lowest BCUT2D eigenvalue weighted by atomic mass is 9.94. The Morgan fingerprint density at radius 3 is 2.26 bits per heavy atom. The van der Waals surface area contributed by atoms with Gasteiger partial charge in [-0.25, -0.2) is 0 Å². The van der Waals surface area contributed by atoms with E-state index in [2.05, 4.69) is 17.0 Å². The van der Waals surface area contributed by atoms with Gasteiger partial charge in [0, 0.05) is 18.0 Å². The number of hydrogen-bond donors (Lipinski definition) is 0. The molecule has 1 aromatic rings. The highest BCUT2D eigenvalue weighted by Crippen LogP contribution is 2.28. The normalized spacial score (nSPS) is 20.1. The molecule has 2 rings (SSSR count). The fourth-order valence-electron chi connectivity index (χ4n) is 3.09. The van der Waals surface area contributed by atoms with E-state index in [-0.39, 0.29) is 10.8 Å². The number of hydrogen-bond acceptors (Lipinski definition) is 3. The van der Waals surface area contributed by atoms with Gasteiger partial charge in [0.25, 0.3) is 0 Å². The summed E-state index contributed by atoms with van der Waals surface area (Å²) in [7, 11) is 0. The molecule has 0 aliphatic carbocycles. The van der Waals surface area contributed by atoms with Crippen molar-refractivity contribution in [1.29, 1.82) is 0 Å². The molecule has 2 unspecified atom stereocenters. The molecule has 0 radical (unpaired) electrons. The molecule has 4 heteroatoms. The number of nitro groups is 1. The molecule has 0 spiro atoms. The Morgan fingerprint density at radius 1 is 1.11 bits per heavy atom. The molecule has 150 valence electrons. The average molecular weight is 373 g/mol. The van der Waals surface area contributed by atoms with Crippen LogP contribution in [0.3, 0.4) is 0 Å². The predicted molar refractivity (Wildman–Crippen MR) is 116 cm³/mol. The van der Waals surface area contributed by atoms with Gasteiger partial charge in [-0.1, -0.05) is 88.4 Å². The van der Waals surface area contributed by atoms with Gasteiger partial charge >= 0.3 is 0 Å². The van der Waals surface area contributed by atoms with Crippen LogP contribution >= 0.6 is 0 Å². The molecule has 27 heavy (non-hydrogen) atoms. The van der Waals surface area contributed by atoms with Crippen LogP contribution in [0.5, 0.6) is 0 Å². The zero-order chi connectivity index (χ0) is 20.7. The number of benzene rings is 1. The van der Waals surface area contributed by atoms with E-state index in [1.54, 1.807) is 0 Å². The largest absolute Gasteiger partial charge is 0.292 e. The zero-order valence-corrected chi connectivity index (χ0v) is 17.8. The average Bonchev–Trinajstić information content (AvgIpc) is 3.13. The summed E-state index contributed by atoms with van der Waals surface area (Å²) in [4.78, 5) is 13.5. The van der Waals surface area contributed by atoms with Crippen molar-refractivity contribution in [2.24, 2.45) is 5.92 Å². The van der Waals surface area contributed by atoms with Gasteiger partial charge in [0.15, 0.2) is 0 Å². The third kappa shape index (κ3) is 8.35. The van der Waals surface area contributed by atoms with Crippen molar-refractivity contribution in [3.63, 3.8) is 0 Å². The van der Waals surface area contributed by atoms with Crippen LogP contribution in [0, 0.1) is 16.0 Å². The van der Waals surface area contributed by atoms with Crippen LogP contribution < -0.4 is 0 Å². The summed E-state index contributed by atoms with van der Waals surface area (Å²) in [5, 5.41) is 11.5. The molecule has 0 aromatic heterocycles. The maximum Gasteiger partial charge on any atom is 0.233 e. The van der Waals surface area contributed by atoms with Crippen molar-refractivity contribution < 1.29 is 4.92 Å². The second kappa shape index (κ2) is 14.9. The maximum absolute atomic E-state index is 11.5. The Labute approximate surface area is 165 Å². The van der Waals surface area contributed by atoms with E-state index < -0.39 is 6.04 Å². The van der Waals surface area contributed by atoms with Crippen LogP contribution in [0.4, 0.5) is 0 Å². The summed E-state index contributed by atoms with van der Waals surface area (Å²) < 4.78 is 0. The number of nitrogens with zero attached hydrogens (tertiary/aromatic N) is 2. The third-order valence-corrected chi connectivity index (χ3v) is 4.24. The van der Waals surface area contributed by atoms with Crippen molar-refractivity contribution in [1.82, 2.24) is 4.90 Å². The minimum atomic E-state index is -0.542. The molecule has 0 N–H and O–H groups in total. The highest BCUT2D eigenvalue weighted by molar-refractivity contribution is 5.27. The van der Waals surface area contributed by atoms with Crippen LogP contribution in [-0.2, 0) is 6.54 Å². The van der Waals surface area contributed by atoms with E-state index in [1.807, 2.05) is 90.1 Å². The van der Waals surface area contributed by atoms with Gasteiger partial charge in [0.2, 0.25) is 6.04 Å². The van der Waals surface area contributed by atoms with Gasteiger partial charge in [-0.3, -0.25) is 15.0 Å². The number of likely N-dealkylation sites (tertiary alicyclic amines) is 1. The molecular weight excluding hydrogens is 336 g/mol. The SMILES string of the molecule is CC.CC.C\C=C/C=C\C(=C/C)C1CN(Cc2ccccc2)CC1[N+](=O)[O-]. The van der Waals surface area contributed by atoms with E-state index in [9.17, 15) is 10.1 Å². The van der Waals surface area contributed by atoms with Crippen LogP contribution in [0.25, 0.3) is 0 Å². The Bertz CT molecular complexity index is 606. The standard InChI is InChI=1S/C19H24N2O2.2C2H6/c1-3-5-7-12-17(4-2)18-14-20(15-19(18)21(22)23)13-16-10-8-6-9-11-16;2*1-2/h3-12,18-19H,13-15H2,1-2H3;2*1-2H3/b5-3-,12-7-,17-4+;;. The lowest BCUT2D eigenvalue weighted by molar-refractivity contribution is -0.524. The molecule has 1 aliphatic rings. The summed E-state index contributed by atoms with van der Waals surface area (Å²) in [6, 6.07) is 9.59. The quantitative estimate of drug-likeness (QED) is 0.355. The van der Waals surface area contributed by atoms with Crippen LogP contribution in [-0.4, -0.2) is 29.0 Å². The Kier molecular flexibility index (Phi) is 13.7. The molecule has 1 heterocycles. The van der Waals surface area contributed by atoms with Crippen molar-refractivity contribution in [3.05, 3.63) is 82.0 Å². The van der Waals surface area contributed by atoms with E-state index in [0.717, 1.165) is 18.7 Å². The Morgan fingerprint density at radius 2 is 1.74 bits per heavy atom. The summed E-state index contributed by atoms with van der Waals surface area (Å²) in [6.45, 7) is 13.9. The van der Waals surface area contributed by atoms with Gasteiger partial charge in [0.05, 0.1) is 12.5 Å². The lowest BCUT2D eigenvalue weighted by Gasteiger charge is -2.15. The van der Waals surface area contributed by atoms with E-state index in [1.165, 1.54) is 5.56 Å². The van der Waals surface area contributed by atoms with Gasteiger partial charge in [-0.05, 0) is 25.0 Å². The van der Waals surface area contributed by atoms with E-state index in [0.29, 0.717) is 6.54 Å². The molecule has 2 atom stereocenters. The Balaban J connectivity index is 0.00000158. The highest BCUT2D eigenvalue weighted by Gasteiger charge is 2.41. The number of allylic oxidation sites excluding steroid dienone is 5. The summed E-state index contributed by atoms with van der Waals surface area (Å²) in [5.74, 6) is -0.0554. The molecular formula is C23H36N2O2. The molecule has 0 saturated carbocycles. The topological polar surface area (TPSA) is 46.4 Å².